The van der Waals surface area contributed by atoms with Crippen LogP contribution in [-0.2, 0) is 11.3 Å². The molecular weight excluding hydrogens is 284 g/mol. The van der Waals surface area contributed by atoms with Gasteiger partial charge in [-0.15, -0.1) is 0 Å². The van der Waals surface area contributed by atoms with Crippen molar-refractivity contribution in [2.75, 3.05) is 18.0 Å². The highest BCUT2D eigenvalue weighted by Crippen LogP contribution is 2.12. The molecule has 0 aliphatic carbocycles. The molecule has 0 heterocycles. The summed E-state index contributed by atoms with van der Waals surface area (Å²) in [6.45, 7) is 3.70. The van der Waals surface area contributed by atoms with E-state index in [9.17, 15) is 4.79 Å². The van der Waals surface area contributed by atoms with Crippen LogP contribution >= 0.6 is 11.6 Å². The Morgan fingerprint density at radius 2 is 1.76 bits per heavy atom. The zero-order chi connectivity index (χ0) is 15.1. The molecule has 2 rings (SSSR count). The van der Waals surface area contributed by atoms with E-state index < -0.39 is 0 Å². The van der Waals surface area contributed by atoms with Gasteiger partial charge in [-0.3, -0.25) is 4.79 Å². The maximum absolute atomic E-state index is 12.0. The predicted octanol–water partition coefficient (Wildman–Crippen LogP) is 3.48. The van der Waals surface area contributed by atoms with Gasteiger partial charge in [-0.05, 0) is 36.8 Å². The maximum Gasteiger partial charge on any atom is 0.239 e. The van der Waals surface area contributed by atoms with Gasteiger partial charge < -0.3 is 10.2 Å². The number of hydrogen-bond donors (Lipinski definition) is 1. The molecule has 0 fully saturated rings. The summed E-state index contributed by atoms with van der Waals surface area (Å²) in [5.74, 6) is 0.00986. The number of hydrogen-bond acceptors (Lipinski definition) is 2. The molecule has 0 saturated heterocycles. The third kappa shape index (κ3) is 4.80. The molecule has 4 heteroatoms. The Bertz CT molecular complexity index is 569. The van der Waals surface area contributed by atoms with Gasteiger partial charge in [0.25, 0.3) is 0 Å². The lowest BCUT2D eigenvalue weighted by atomic mass is 10.2. The molecule has 0 aliphatic rings. The van der Waals surface area contributed by atoms with E-state index in [0.29, 0.717) is 18.1 Å². The summed E-state index contributed by atoms with van der Waals surface area (Å²) < 4.78 is 0. The Hall–Kier alpha value is -2.00. The number of nitrogens with zero attached hydrogens (tertiary/aromatic N) is 1. The monoisotopic (exact) mass is 302 g/mol. The topological polar surface area (TPSA) is 32.3 Å². The summed E-state index contributed by atoms with van der Waals surface area (Å²) in [4.78, 5) is 14.1. The van der Waals surface area contributed by atoms with Crippen molar-refractivity contribution in [3.63, 3.8) is 0 Å². The van der Waals surface area contributed by atoms with Crippen molar-refractivity contribution in [3.05, 3.63) is 65.2 Å². The first-order chi connectivity index (χ1) is 10.2. The number of carbonyl (C=O) groups is 1. The van der Waals surface area contributed by atoms with Gasteiger partial charge in [-0.2, -0.15) is 0 Å². The minimum atomic E-state index is 0.00986. The van der Waals surface area contributed by atoms with E-state index in [4.69, 9.17) is 11.6 Å². The molecular formula is C17H19ClN2O. The van der Waals surface area contributed by atoms with Crippen LogP contribution < -0.4 is 10.2 Å². The second-order valence-corrected chi connectivity index (χ2v) is 5.19. The third-order valence-corrected chi connectivity index (χ3v) is 3.49. The minimum absolute atomic E-state index is 0.00986. The number of anilines is 1. The first kappa shape index (κ1) is 15.4. The van der Waals surface area contributed by atoms with Gasteiger partial charge in [-0.25, -0.2) is 0 Å². The summed E-state index contributed by atoms with van der Waals surface area (Å²) >= 11 is 5.84. The zero-order valence-electron chi connectivity index (χ0n) is 12.1. The van der Waals surface area contributed by atoms with E-state index in [1.807, 2.05) is 66.4 Å². The molecule has 0 saturated carbocycles. The highest BCUT2D eigenvalue weighted by Gasteiger charge is 2.09. The van der Waals surface area contributed by atoms with Gasteiger partial charge >= 0.3 is 0 Å². The standard InChI is InChI=1S/C17H19ClN2O/c1-2-20(16-6-4-3-5-7-16)13-17(21)19-12-14-8-10-15(18)11-9-14/h3-11H,2,12-13H2,1H3,(H,19,21). The fraction of sp³-hybridized carbons (Fsp3) is 0.235. The number of nitrogens with one attached hydrogen (secondary N) is 1. The van der Waals surface area contributed by atoms with Gasteiger partial charge in [0.2, 0.25) is 5.91 Å². The normalized spacial score (nSPS) is 10.2. The molecule has 3 nitrogen and oxygen atoms in total. The Kier molecular flexibility index (Phi) is 5.64. The van der Waals surface area contributed by atoms with Gasteiger partial charge in [0.05, 0.1) is 6.54 Å². The first-order valence-corrected chi connectivity index (χ1v) is 7.38. The van der Waals surface area contributed by atoms with Crippen LogP contribution in [0.2, 0.25) is 5.02 Å². The van der Waals surface area contributed by atoms with Crippen LogP contribution in [0, 0.1) is 0 Å². The molecule has 0 unspecified atom stereocenters. The molecule has 0 atom stereocenters. The summed E-state index contributed by atoms with van der Waals surface area (Å²) in [5.41, 5.74) is 2.09. The van der Waals surface area contributed by atoms with Crippen molar-refractivity contribution in [1.29, 1.82) is 0 Å². The van der Waals surface area contributed by atoms with Crippen LogP contribution in [-0.4, -0.2) is 19.0 Å². The van der Waals surface area contributed by atoms with Gasteiger partial charge in [0.15, 0.2) is 0 Å². The number of likely N-dealkylation sites (N-methyl/N-ethyl adjacent to an activating group) is 1. The molecule has 110 valence electrons. The Balaban J connectivity index is 1.87. The van der Waals surface area contributed by atoms with Crippen molar-refractivity contribution < 1.29 is 4.79 Å². The van der Waals surface area contributed by atoms with Crippen LogP contribution in [0.25, 0.3) is 0 Å². The van der Waals surface area contributed by atoms with E-state index in [0.717, 1.165) is 17.8 Å². The molecule has 2 aromatic rings. The van der Waals surface area contributed by atoms with E-state index in [2.05, 4.69) is 5.32 Å². The molecule has 1 amide bonds. The van der Waals surface area contributed by atoms with Crippen LogP contribution in [0.4, 0.5) is 5.69 Å². The molecule has 1 N–H and O–H groups in total. The second-order valence-electron chi connectivity index (χ2n) is 4.75. The smallest absolute Gasteiger partial charge is 0.239 e. The van der Waals surface area contributed by atoms with E-state index in [1.54, 1.807) is 0 Å². The van der Waals surface area contributed by atoms with Crippen molar-refractivity contribution in [1.82, 2.24) is 5.32 Å². The number of amides is 1. The second kappa shape index (κ2) is 7.70. The van der Waals surface area contributed by atoms with Gasteiger partial charge in [-0.1, -0.05) is 41.9 Å². The molecule has 0 radical (unpaired) electrons. The number of halogens is 1. The molecule has 2 aromatic carbocycles. The summed E-state index contributed by atoms with van der Waals surface area (Å²) in [7, 11) is 0. The summed E-state index contributed by atoms with van der Waals surface area (Å²) in [5, 5.41) is 3.63. The summed E-state index contributed by atoms with van der Waals surface area (Å²) in [6.07, 6.45) is 0. The van der Waals surface area contributed by atoms with Crippen LogP contribution in [0.15, 0.2) is 54.6 Å². The predicted molar refractivity (Wildman–Crippen MR) is 87.6 cm³/mol. The fourth-order valence-electron chi connectivity index (χ4n) is 2.06. The lowest BCUT2D eigenvalue weighted by Gasteiger charge is -2.22. The molecule has 0 aliphatic heterocycles. The molecule has 0 spiro atoms. The Labute approximate surface area is 130 Å². The molecule has 21 heavy (non-hydrogen) atoms. The molecule has 0 aromatic heterocycles. The number of benzene rings is 2. The first-order valence-electron chi connectivity index (χ1n) is 7.00. The van der Waals surface area contributed by atoms with Crippen molar-refractivity contribution >= 4 is 23.2 Å². The van der Waals surface area contributed by atoms with Crippen molar-refractivity contribution in [3.8, 4) is 0 Å². The number of para-hydroxylation sites is 1. The highest BCUT2D eigenvalue weighted by atomic mass is 35.5. The molecule has 0 bridgehead atoms. The van der Waals surface area contributed by atoms with E-state index in [-0.39, 0.29) is 5.91 Å². The van der Waals surface area contributed by atoms with Crippen LogP contribution in [0.5, 0.6) is 0 Å². The largest absolute Gasteiger partial charge is 0.363 e. The lowest BCUT2D eigenvalue weighted by Crippen LogP contribution is -2.36. The average Bonchev–Trinajstić information content (AvgIpc) is 2.53. The quantitative estimate of drug-likeness (QED) is 0.886. The summed E-state index contributed by atoms with van der Waals surface area (Å²) in [6, 6.07) is 17.4. The van der Waals surface area contributed by atoms with Crippen LogP contribution in [0.1, 0.15) is 12.5 Å². The number of rotatable bonds is 6. The zero-order valence-corrected chi connectivity index (χ0v) is 12.8. The highest BCUT2D eigenvalue weighted by molar-refractivity contribution is 6.30. The Morgan fingerprint density at radius 3 is 2.38 bits per heavy atom. The SMILES string of the molecule is CCN(CC(=O)NCc1ccc(Cl)cc1)c1ccccc1. The fourth-order valence-corrected chi connectivity index (χ4v) is 2.18. The maximum atomic E-state index is 12.0. The third-order valence-electron chi connectivity index (χ3n) is 3.24. The van der Waals surface area contributed by atoms with Crippen molar-refractivity contribution in [2.45, 2.75) is 13.5 Å². The minimum Gasteiger partial charge on any atom is -0.363 e. The van der Waals surface area contributed by atoms with Gasteiger partial charge in [0, 0.05) is 23.8 Å². The van der Waals surface area contributed by atoms with E-state index >= 15 is 0 Å². The Morgan fingerprint density at radius 1 is 1.10 bits per heavy atom. The van der Waals surface area contributed by atoms with Crippen molar-refractivity contribution in [2.24, 2.45) is 0 Å². The van der Waals surface area contributed by atoms with Crippen LogP contribution in [0.3, 0.4) is 0 Å². The lowest BCUT2D eigenvalue weighted by molar-refractivity contribution is -0.119. The number of carbonyl (C=O) groups excluding carboxylic acids is 1. The van der Waals surface area contributed by atoms with Gasteiger partial charge in [0.1, 0.15) is 0 Å². The average molecular weight is 303 g/mol. The van der Waals surface area contributed by atoms with E-state index in [1.165, 1.54) is 0 Å².